The number of ether oxygens (including phenoxy) is 5. The molecule has 24 heteroatoms. The van der Waals surface area contributed by atoms with E-state index in [1.807, 2.05) is 91.0 Å². The van der Waals surface area contributed by atoms with Gasteiger partial charge in [-0.05, 0) is 154 Å². The molecule has 15 rings (SSSR count). The first-order chi connectivity index (χ1) is 50.5. The summed E-state index contributed by atoms with van der Waals surface area (Å²) < 4.78 is 108. The van der Waals surface area contributed by atoms with Crippen LogP contribution in [0.3, 0.4) is 0 Å². The molecule has 18 nitrogen and oxygen atoms in total. The molecule has 560 valence electrons. The zero-order valence-corrected chi connectivity index (χ0v) is 59.1. The summed E-state index contributed by atoms with van der Waals surface area (Å²) in [5.74, 6) is -4.60. The number of aromatic carboxylic acids is 1. The van der Waals surface area contributed by atoms with E-state index in [0.29, 0.717) is 91.6 Å². The van der Waals surface area contributed by atoms with Gasteiger partial charge < -0.3 is 49.2 Å². The number of nitrogens with one attached hydrogen (secondary N) is 2. The Kier molecular flexibility index (Phi) is 24.1. The smallest absolute Gasteiger partial charge is 0.471 e. The van der Waals surface area contributed by atoms with Gasteiger partial charge in [-0.1, -0.05) is 127 Å². The number of hydrogen-bond acceptors (Lipinski definition) is 15. The molecule has 9 fully saturated rings. The number of amides is 2. The largest absolute Gasteiger partial charge is 0.478 e. The number of likely N-dealkylation sites (tertiary alicyclic amines) is 2. The second-order valence-corrected chi connectivity index (χ2v) is 29.4. The van der Waals surface area contributed by atoms with Gasteiger partial charge in [0.25, 0.3) is 0 Å². The van der Waals surface area contributed by atoms with E-state index in [1.165, 1.54) is 32.3 Å². The maximum atomic E-state index is 13.6. The Morgan fingerprint density at radius 1 is 0.524 bits per heavy atom. The molecule has 0 radical (unpaired) electrons. The van der Waals surface area contributed by atoms with Crippen LogP contribution in [-0.4, -0.2) is 199 Å². The van der Waals surface area contributed by atoms with Crippen molar-refractivity contribution in [2.75, 3.05) is 73.3 Å². The highest BCUT2D eigenvalue weighted by atomic mass is 19.4. The second-order valence-electron chi connectivity index (χ2n) is 29.4. The third-order valence-corrected chi connectivity index (χ3v) is 22.3. The molecule has 6 heterocycles. The van der Waals surface area contributed by atoms with Crippen LogP contribution in [0, 0.1) is 0 Å². The zero-order chi connectivity index (χ0) is 74.1. The molecule has 0 bridgehead atoms. The normalized spacial score (nSPS) is 25.4. The molecule has 3 spiro atoms. The van der Waals surface area contributed by atoms with E-state index in [1.54, 1.807) is 36.4 Å². The van der Waals surface area contributed by atoms with Crippen molar-refractivity contribution in [3.05, 3.63) is 214 Å². The summed E-state index contributed by atoms with van der Waals surface area (Å²) in [7, 11) is 2.65. The van der Waals surface area contributed by atoms with Crippen molar-refractivity contribution in [2.45, 2.75) is 173 Å². The first kappa shape index (κ1) is 76.3. The highest BCUT2D eigenvalue weighted by molar-refractivity contribution is 5.92. The van der Waals surface area contributed by atoms with Crippen molar-refractivity contribution in [1.82, 2.24) is 30.2 Å². The topological polar surface area (TPSA) is 206 Å². The van der Waals surface area contributed by atoms with Gasteiger partial charge in [0.1, 0.15) is 6.29 Å². The van der Waals surface area contributed by atoms with Gasteiger partial charge in [0, 0.05) is 86.8 Å². The van der Waals surface area contributed by atoms with Gasteiger partial charge in [-0.2, -0.15) is 26.3 Å². The molecule has 6 aromatic rings. The van der Waals surface area contributed by atoms with Crippen LogP contribution in [-0.2, 0) is 46.4 Å². The number of benzene rings is 6. The predicted octanol–water partition coefficient (Wildman–Crippen LogP) is 12.3. The van der Waals surface area contributed by atoms with Gasteiger partial charge in [-0.15, -0.1) is 0 Å². The summed E-state index contributed by atoms with van der Waals surface area (Å²) in [5, 5.41) is 16.3. The lowest BCUT2D eigenvalue weighted by Gasteiger charge is -2.39. The maximum absolute atomic E-state index is 13.6. The zero-order valence-electron chi connectivity index (χ0n) is 59.1. The van der Waals surface area contributed by atoms with Crippen LogP contribution in [0.1, 0.15) is 164 Å². The van der Waals surface area contributed by atoms with E-state index >= 15 is 0 Å². The third kappa shape index (κ3) is 19.3. The summed E-state index contributed by atoms with van der Waals surface area (Å²) in [5.41, 5.74) is 6.32. The van der Waals surface area contributed by atoms with E-state index in [4.69, 9.17) is 18.9 Å². The number of carbonyl (C=O) groups is 6. The third-order valence-electron chi connectivity index (χ3n) is 22.3. The van der Waals surface area contributed by atoms with Crippen molar-refractivity contribution < 1.29 is 83.9 Å². The van der Waals surface area contributed by atoms with Crippen molar-refractivity contribution in [3.63, 3.8) is 0 Å². The Morgan fingerprint density at radius 2 is 0.933 bits per heavy atom. The molecule has 6 saturated heterocycles. The molecule has 9 aliphatic rings. The van der Waals surface area contributed by atoms with Gasteiger partial charge in [-0.25, -0.2) is 14.4 Å². The highest BCUT2D eigenvalue weighted by Gasteiger charge is 2.59. The van der Waals surface area contributed by atoms with Gasteiger partial charge in [0.15, 0.2) is 0 Å². The van der Waals surface area contributed by atoms with Crippen molar-refractivity contribution in [3.8, 4) is 0 Å². The van der Waals surface area contributed by atoms with E-state index in [2.05, 4.69) is 55.5 Å². The SMILES string of the molecule is COC(=O)c1cccc(C=O)c1.COC(=O)c1cccc(CN2CCC3(CC2)CC(N(C(=O)C(F)(F)F)[C@@H]2C[C@H]2c2ccccc2)CO3)c1.O=C(N(C1COC2(CCNCC2)C1)[C@@H]1C[C@H]1c1ccccc1)C(F)(F)F.O=C(O)c1cccc(CN2CCC3(CC2)CC(N[C@@H]2C[C@H]2c2ccccc2)CO3)c1. The molecule has 105 heavy (non-hydrogen) atoms. The fourth-order valence-corrected chi connectivity index (χ4v) is 16.5. The number of carboxylic acids is 1. The molecule has 3 saturated carbocycles. The van der Waals surface area contributed by atoms with Gasteiger partial charge in [-0.3, -0.25) is 24.2 Å². The number of hydrogen-bond donors (Lipinski definition) is 3. The second kappa shape index (κ2) is 33.2. The quantitative estimate of drug-likeness (QED) is 0.0441. The number of nitrogens with zero attached hydrogens (tertiary/aromatic N) is 4. The monoisotopic (exact) mass is 1450 g/mol. The van der Waals surface area contributed by atoms with Gasteiger partial charge in [0.05, 0.1) is 79.6 Å². The molecule has 3 N–H and O–H groups in total. The Balaban J connectivity index is 0.000000139. The highest BCUT2D eigenvalue weighted by Crippen LogP contribution is 2.52. The average molecular weight is 1460 g/mol. The summed E-state index contributed by atoms with van der Waals surface area (Å²) in [6.45, 7) is 7.65. The lowest BCUT2D eigenvalue weighted by Crippen LogP contribution is -2.50. The summed E-state index contributed by atoms with van der Waals surface area (Å²) >= 11 is 0. The Bertz CT molecular complexity index is 3960. The van der Waals surface area contributed by atoms with Gasteiger partial charge in [0.2, 0.25) is 0 Å². The fourth-order valence-electron chi connectivity index (χ4n) is 16.5. The Morgan fingerprint density at radius 3 is 1.38 bits per heavy atom. The lowest BCUT2D eigenvalue weighted by atomic mass is 9.86. The maximum Gasteiger partial charge on any atom is 0.471 e. The van der Waals surface area contributed by atoms with Crippen LogP contribution in [0.5, 0.6) is 0 Å². The Hall–Kier alpha value is -8.36. The predicted molar refractivity (Wildman–Crippen MR) is 378 cm³/mol. The molecule has 6 aromatic carbocycles. The number of rotatable bonds is 17. The average Bonchev–Trinajstić information content (AvgIpc) is 1.69. The molecular weight excluding hydrogens is 1360 g/mol. The number of carbonyl (C=O) groups excluding carboxylic acids is 5. The minimum absolute atomic E-state index is 0.0212. The van der Waals surface area contributed by atoms with Gasteiger partial charge >= 0.3 is 42.1 Å². The van der Waals surface area contributed by atoms with Crippen LogP contribution in [0.25, 0.3) is 0 Å². The van der Waals surface area contributed by atoms with Crippen molar-refractivity contribution in [1.29, 1.82) is 0 Å². The van der Waals surface area contributed by atoms with E-state index in [-0.39, 0.29) is 42.2 Å². The molecule has 2 amide bonds. The number of piperidine rings is 3. The number of alkyl halides is 6. The lowest BCUT2D eigenvalue weighted by molar-refractivity contribution is -0.188. The van der Waals surface area contributed by atoms with Crippen molar-refractivity contribution in [2.24, 2.45) is 0 Å². The molecule has 0 aromatic heterocycles. The van der Waals surface area contributed by atoms with Crippen LogP contribution in [0.4, 0.5) is 26.3 Å². The number of esters is 2. The number of aldehydes is 1. The molecule has 9 atom stereocenters. The number of methoxy groups -OCH3 is 2. The molecule has 3 unspecified atom stereocenters. The first-order valence-corrected chi connectivity index (χ1v) is 36.4. The standard InChI is InChI=1S/C28H31F3N2O4.C25H30N2O3.C19H23F3N2O2.C9H8O3/c1-36-25(34)21-9-5-6-19(14-21)17-32-12-10-27(11-13-32)16-22(18-37-27)33(26(35)28(29,30)31)24-15-23(24)20-7-3-2-4-8-20;28-24(29)20-8-4-5-18(13-20)16-27-11-9-25(10-12-27)15-21(17-30-25)26-23-14-22(23)19-6-2-1-3-7-19;20-19(21,22)17(25)24(16-10-15(16)13-4-2-1-3-5-13)14-11-18(26-12-14)6-8-23-9-7-18;1-12-9(11)8-4-2-3-7(5-8)6-10/h2-9,14,22-24H,10-13,15-18H2,1H3;1-8,13,21-23,26H,9-12,14-17H2,(H,28,29);1-5,14-16,23H,6-12H2;2-6H,1H3/t22?,23-,24+;21?,22-,23+;14?,15-,16+;/m000./s1. The van der Waals surface area contributed by atoms with Crippen molar-refractivity contribution >= 4 is 36.0 Å². The van der Waals surface area contributed by atoms with Crippen LogP contribution in [0.15, 0.2) is 164 Å². The minimum atomic E-state index is -4.91. The van der Waals surface area contributed by atoms with E-state index in [0.717, 1.165) is 117 Å². The first-order valence-electron chi connectivity index (χ1n) is 36.4. The fraction of sp³-hybridized carbons (Fsp3) is 0.481. The summed E-state index contributed by atoms with van der Waals surface area (Å²) in [6.07, 6.45) is 0.313. The van der Waals surface area contributed by atoms with E-state index < -0.39 is 65.9 Å². The molecular formula is C81H92F6N6O12. The number of carboxylic acid groups (broad SMARTS) is 1. The van der Waals surface area contributed by atoms with Crippen LogP contribution < -0.4 is 10.6 Å². The summed E-state index contributed by atoms with van der Waals surface area (Å²) in [4.78, 5) is 75.9. The molecule has 3 aliphatic carbocycles. The number of halogens is 6. The van der Waals surface area contributed by atoms with E-state index in [9.17, 15) is 60.2 Å². The van der Waals surface area contributed by atoms with Crippen LogP contribution in [0.2, 0.25) is 0 Å². The minimum Gasteiger partial charge on any atom is -0.478 e. The summed E-state index contributed by atoms with van der Waals surface area (Å²) in [6, 6.07) is 49.8. The molecule has 6 aliphatic heterocycles. The Labute approximate surface area is 608 Å². The van der Waals surface area contributed by atoms with Crippen LogP contribution >= 0.6 is 0 Å².